The Morgan fingerprint density at radius 1 is 1.20 bits per heavy atom. The number of para-hydroxylation sites is 1. The lowest BCUT2D eigenvalue weighted by atomic mass is 10.2. The zero-order chi connectivity index (χ0) is 13.8. The van der Waals surface area contributed by atoms with Crippen LogP contribution < -0.4 is 5.32 Å². The second-order valence-electron chi connectivity index (χ2n) is 4.50. The van der Waals surface area contributed by atoms with Gasteiger partial charge in [0.05, 0.1) is 0 Å². The Bertz CT molecular complexity index is 706. The van der Waals surface area contributed by atoms with Crippen molar-refractivity contribution in [2.24, 2.45) is 0 Å². The summed E-state index contributed by atoms with van der Waals surface area (Å²) in [6, 6.07) is 12.5. The van der Waals surface area contributed by atoms with Crippen LogP contribution in [0.25, 0.3) is 11.0 Å². The number of fused-ring (bicyclic) bond motifs is 1. The van der Waals surface area contributed by atoms with Crippen LogP contribution in [0.1, 0.15) is 12.5 Å². The van der Waals surface area contributed by atoms with Gasteiger partial charge in [-0.1, -0.05) is 19.1 Å². The number of nitrogens with one attached hydrogen (secondary N) is 2. The number of rotatable bonds is 5. The highest BCUT2D eigenvalue weighted by atomic mass is 32.2. The average Bonchev–Trinajstić information content (AvgIpc) is 2.90. The van der Waals surface area contributed by atoms with Crippen LogP contribution in [-0.4, -0.2) is 15.7 Å². The van der Waals surface area contributed by atoms with E-state index in [4.69, 9.17) is 0 Å². The Morgan fingerprint density at radius 3 is 3.00 bits per heavy atom. The van der Waals surface area contributed by atoms with Gasteiger partial charge in [0, 0.05) is 34.9 Å². The third-order valence-corrected chi connectivity index (χ3v) is 4.15. The molecular formula is C16H17N3S. The van der Waals surface area contributed by atoms with Crippen LogP contribution in [0.5, 0.6) is 0 Å². The highest BCUT2D eigenvalue weighted by molar-refractivity contribution is 7.99. The van der Waals surface area contributed by atoms with Crippen LogP contribution in [0.2, 0.25) is 0 Å². The standard InChI is InChI=1S/C16H17N3S/c1-2-20-15-8-4-3-7-14(15)18-10-12-11-19-16-13(12)6-5-9-17-16/h3-9,11,18H,2,10H2,1H3,(H,17,19). The summed E-state index contributed by atoms with van der Waals surface area (Å²) in [5.41, 5.74) is 3.38. The molecule has 0 saturated heterocycles. The topological polar surface area (TPSA) is 40.7 Å². The van der Waals surface area contributed by atoms with Crippen LogP contribution in [-0.2, 0) is 6.54 Å². The average molecular weight is 283 g/mol. The molecule has 0 spiro atoms. The van der Waals surface area contributed by atoms with Gasteiger partial charge < -0.3 is 10.3 Å². The molecular weight excluding hydrogens is 266 g/mol. The number of aromatic nitrogens is 2. The largest absolute Gasteiger partial charge is 0.380 e. The van der Waals surface area contributed by atoms with E-state index in [9.17, 15) is 0 Å². The van der Waals surface area contributed by atoms with E-state index in [2.05, 4.69) is 52.5 Å². The van der Waals surface area contributed by atoms with Crippen molar-refractivity contribution in [3.63, 3.8) is 0 Å². The number of nitrogens with zero attached hydrogens (tertiary/aromatic N) is 1. The van der Waals surface area contributed by atoms with Gasteiger partial charge in [-0.25, -0.2) is 4.98 Å². The molecule has 102 valence electrons. The molecule has 0 fully saturated rings. The molecule has 2 aromatic heterocycles. The number of pyridine rings is 1. The molecule has 0 aliphatic carbocycles. The van der Waals surface area contributed by atoms with Crippen molar-refractivity contribution in [2.75, 3.05) is 11.1 Å². The Labute approximate surface area is 122 Å². The molecule has 3 nitrogen and oxygen atoms in total. The van der Waals surface area contributed by atoms with Gasteiger partial charge >= 0.3 is 0 Å². The van der Waals surface area contributed by atoms with Gasteiger partial charge in [-0.2, -0.15) is 0 Å². The number of hydrogen-bond donors (Lipinski definition) is 2. The highest BCUT2D eigenvalue weighted by Gasteiger charge is 2.05. The molecule has 0 atom stereocenters. The van der Waals surface area contributed by atoms with Crippen molar-refractivity contribution in [1.29, 1.82) is 0 Å². The summed E-state index contributed by atoms with van der Waals surface area (Å²) in [6.07, 6.45) is 3.84. The summed E-state index contributed by atoms with van der Waals surface area (Å²) in [7, 11) is 0. The lowest BCUT2D eigenvalue weighted by Gasteiger charge is -2.10. The molecule has 3 rings (SSSR count). The smallest absolute Gasteiger partial charge is 0.137 e. The molecule has 0 unspecified atom stereocenters. The summed E-state index contributed by atoms with van der Waals surface area (Å²) in [5, 5.41) is 4.71. The van der Waals surface area contributed by atoms with Gasteiger partial charge in [0.1, 0.15) is 5.65 Å². The highest BCUT2D eigenvalue weighted by Crippen LogP contribution is 2.27. The molecule has 0 aliphatic rings. The first-order valence-corrected chi connectivity index (χ1v) is 7.73. The van der Waals surface area contributed by atoms with Crippen molar-refractivity contribution in [2.45, 2.75) is 18.4 Å². The van der Waals surface area contributed by atoms with Crippen LogP contribution in [0.3, 0.4) is 0 Å². The normalized spacial score (nSPS) is 10.8. The van der Waals surface area contributed by atoms with E-state index in [1.807, 2.05) is 30.2 Å². The third kappa shape index (κ3) is 2.65. The van der Waals surface area contributed by atoms with E-state index in [0.29, 0.717) is 0 Å². The Hall–Kier alpha value is -1.94. The summed E-state index contributed by atoms with van der Waals surface area (Å²) < 4.78 is 0. The third-order valence-electron chi connectivity index (χ3n) is 3.19. The maximum atomic E-state index is 4.32. The van der Waals surface area contributed by atoms with E-state index < -0.39 is 0 Å². The molecule has 0 bridgehead atoms. The summed E-state index contributed by atoms with van der Waals surface area (Å²) >= 11 is 1.86. The fourth-order valence-corrected chi connectivity index (χ4v) is 3.02. The Balaban J connectivity index is 1.80. The van der Waals surface area contributed by atoms with Gasteiger partial charge in [0.15, 0.2) is 0 Å². The van der Waals surface area contributed by atoms with E-state index in [-0.39, 0.29) is 0 Å². The fourth-order valence-electron chi connectivity index (χ4n) is 2.24. The van der Waals surface area contributed by atoms with E-state index in [0.717, 1.165) is 17.9 Å². The molecule has 0 amide bonds. The minimum atomic E-state index is 0.799. The first-order chi connectivity index (χ1) is 9.88. The lowest BCUT2D eigenvalue weighted by Crippen LogP contribution is -2.00. The zero-order valence-corrected chi connectivity index (χ0v) is 12.2. The number of H-pyrrole nitrogens is 1. The molecule has 2 N–H and O–H groups in total. The molecule has 3 aromatic rings. The number of aromatic amines is 1. The molecule has 0 radical (unpaired) electrons. The Kier molecular flexibility index (Phi) is 3.92. The molecule has 0 saturated carbocycles. The maximum Gasteiger partial charge on any atom is 0.137 e. The molecule has 20 heavy (non-hydrogen) atoms. The van der Waals surface area contributed by atoms with Gasteiger partial charge in [-0.15, -0.1) is 11.8 Å². The van der Waals surface area contributed by atoms with Crippen LogP contribution in [0, 0.1) is 0 Å². The van der Waals surface area contributed by atoms with Gasteiger partial charge in [-0.05, 0) is 35.6 Å². The minimum absolute atomic E-state index is 0.799. The first-order valence-electron chi connectivity index (χ1n) is 6.75. The van der Waals surface area contributed by atoms with Crippen molar-refractivity contribution in [3.05, 3.63) is 54.4 Å². The van der Waals surface area contributed by atoms with Crippen molar-refractivity contribution in [1.82, 2.24) is 9.97 Å². The predicted octanol–water partition coefficient (Wildman–Crippen LogP) is 4.29. The summed E-state index contributed by atoms with van der Waals surface area (Å²) in [6.45, 7) is 2.97. The molecule has 0 aliphatic heterocycles. The van der Waals surface area contributed by atoms with Crippen molar-refractivity contribution < 1.29 is 0 Å². The summed E-state index contributed by atoms with van der Waals surface area (Å²) in [5.74, 6) is 1.08. The van der Waals surface area contributed by atoms with Gasteiger partial charge in [0.2, 0.25) is 0 Å². The molecule has 2 heterocycles. The fraction of sp³-hybridized carbons (Fsp3) is 0.188. The summed E-state index contributed by atoms with van der Waals surface area (Å²) in [4.78, 5) is 8.82. The van der Waals surface area contributed by atoms with Gasteiger partial charge in [0.25, 0.3) is 0 Å². The Morgan fingerprint density at radius 2 is 2.10 bits per heavy atom. The lowest BCUT2D eigenvalue weighted by molar-refractivity contribution is 1.14. The monoisotopic (exact) mass is 283 g/mol. The van der Waals surface area contributed by atoms with E-state index in [1.165, 1.54) is 21.5 Å². The molecule has 4 heteroatoms. The number of benzene rings is 1. The van der Waals surface area contributed by atoms with Gasteiger partial charge in [-0.3, -0.25) is 0 Å². The van der Waals surface area contributed by atoms with Crippen molar-refractivity contribution in [3.8, 4) is 0 Å². The SMILES string of the molecule is CCSc1ccccc1NCc1c[nH]c2ncccc12. The number of hydrogen-bond acceptors (Lipinski definition) is 3. The number of thioether (sulfide) groups is 1. The second kappa shape index (κ2) is 6.01. The van der Waals surface area contributed by atoms with Crippen LogP contribution in [0.4, 0.5) is 5.69 Å². The minimum Gasteiger partial charge on any atom is -0.380 e. The predicted molar refractivity (Wildman–Crippen MR) is 86.3 cm³/mol. The number of anilines is 1. The zero-order valence-electron chi connectivity index (χ0n) is 11.4. The quantitative estimate of drug-likeness (QED) is 0.686. The first kappa shape index (κ1) is 13.1. The van der Waals surface area contributed by atoms with Crippen LogP contribution >= 0.6 is 11.8 Å². The van der Waals surface area contributed by atoms with E-state index >= 15 is 0 Å². The molecule has 1 aromatic carbocycles. The van der Waals surface area contributed by atoms with E-state index in [1.54, 1.807) is 0 Å². The maximum absolute atomic E-state index is 4.32. The van der Waals surface area contributed by atoms with Crippen LogP contribution in [0.15, 0.2) is 53.7 Å². The van der Waals surface area contributed by atoms with Crippen molar-refractivity contribution >= 4 is 28.5 Å². The second-order valence-corrected chi connectivity index (χ2v) is 5.80.